The van der Waals surface area contributed by atoms with Crippen LogP contribution >= 0.6 is 23.1 Å². The number of nitrogens with zero attached hydrogens (tertiary/aromatic N) is 1. The summed E-state index contributed by atoms with van der Waals surface area (Å²) in [6.45, 7) is 5.54. The zero-order valence-corrected chi connectivity index (χ0v) is 15.9. The molecule has 1 heterocycles. The lowest BCUT2D eigenvalue weighted by molar-refractivity contribution is -0.140. The van der Waals surface area contributed by atoms with E-state index in [-0.39, 0.29) is 13.2 Å². The van der Waals surface area contributed by atoms with Crippen LogP contribution in [0.25, 0.3) is 0 Å². The Labute approximate surface area is 160 Å². The van der Waals surface area contributed by atoms with Gasteiger partial charge in [-0.05, 0) is 19.1 Å². The van der Waals surface area contributed by atoms with E-state index >= 15 is 0 Å². The number of hydrogen-bond acceptors (Lipinski definition) is 6. The lowest BCUT2D eigenvalue weighted by Gasteiger charge is -2.15. The second-order valence-electron chi connectivity index (χ2n) is 5.33. The van der Waals surface area contributed by atoms with Crippen molar-refractivity contribution in [3.63, 3.8) is 0 Å². The first-order chi connectivity index (χ1) is 12.5. The number of hydrogen-bond donors (Lipinski definition) is 2. The average molecular weight is 393 g/mol. The number of ether oxygens (including phenoxy) is 1. The largest absolute Gasteiger partial charge is 0.480 e. The number of nitrogens with one attached hydrogen (secondary N) is 1. The number of carboxylic acids is 1. The van der Waals surface area contributed by atoms with Crippen molar-refractivity contribution < 1.29 is 19.4 Å². The third kappa shape index (κ3) is 5.98. The van der Waals surface area contributed by atoms with Gasteiger partial charge < -0.3 is 15.2 Å². The number of aliphatic carboxylic acids is 1. The fourth-order valence-corrected chi connectivity index (χ4v) is 3.75. The first-order valence-corrected chi connectivity index (χ1v) is 9.73. The number of rotatable bonds is 10. The van der Waals surface area contributed by atoms with Crippen LogP contribution in [0.15, 0.2) is 47.2 Å². The molecule has 0 aliphatic carbocycles. The molecule has 8 heteroatoms. The third-order valence-electron chi connectivity index (χ3n) is 3.30. The van der Waals surface area contributed by atoms with Crippen molar-refractivity contribution in [3.8, 4) is 0 Å². The molecule has 0 bridgehead atoms. The number of amides is 1. The van der Waals surface area contributed by atoms with Crippen LogP contribution in [0.2, 0.25) is 0 Å². The van der Waals surface area contributed by atoms with E-state index in [0.29, 0.717) is 11.3 Å². The van der Waals surface area contributed by atoms with E-state index in [1.165, 1.54) is 17.8 Å². The molecule has 0 fully saturated rings. The molecule has 0 spiro atoms. The fraction of sp³-hybridized carbons (Fsp3) is 0.278. The summed E-state index contributed by atoms with van der Waals surface area (Å²) >= 11 is 3.07. The van der Waals surface area contributed by atoms with Gasteiger partial charge in [0.05, 0.1) is 29.5 Å². The van der Waals surface area contributed by atoms with Crippen molar-refractivity contribution in [2.24, 2.45) is 0 Å². The standard InChI is InChI=1S/C18H20N2O4S2/c1-3-8-24-9-15(18(22)23)20-17(21)14-6-4-5-7-16(14)26-11-13-10-25-12(2)19-13/h3-7,10,15H,1,8-9,11H2,2H3,(H,20,21)(H,22,23). The van der Waals surface area contributed by atoms with Crippen LogP contribution in [0.4, 0.5) is 0 Å². The minimum absolute atomic E-state index is 0.125. The molecule has 0 aliphatic heterocycles. The monoisotopic (exact) mass is 392 g/mol. The van der Waals surface area contributed by atoms with Crippen molar-refractivity contribution in [3.05, 3.63) is 58.6 Å². The lowest BCUT2D eigenvalue weighted by Crippen LogP contribution is -2.44. The van der Waals surface area contributed by atoms with Crippen LogP contribution in [0.3, 0.4) is 0 Å². The highest BCUT2D eigenvalue weighted by Gasteiger charge is 2.22. The van der Waals surface area contributed by atoms with E-state index in [2.05, 4.69) is 16.9 Å². The highest BCUT2D eigenvalue weighted by molar-refractivity contribution is 7.98. The molecule has 2 N–H and O–H groups in total. The molecule has 0 saturated heterocycles. The van der Waals surface area contributed by atoms with Crippen LogP contribution in [-0.2, 0) is 15.3 Å². The molecule has 138 valence electrons. The van der Waals surface area contributed by atoms with Crippen molar-refractivity contribution in [2.75, 3.05) is 13.2 Å². The number of thioether (sulfide) groups is 1. The molecular formula is C18H20N2O4S2. The maximum Gasteiger partial charge on any atom is 0.328 e. The second kappa shape index (κ2) is 10.1. The summed E-state index contributed by atoms with van der Waals surface area (Å²) in [6.07, 6.45) is 1.52. The molecule has 1 atom stereocenters. The zero-order valence-electron chi connectivity index (χ0n) is 14.3. The number of aromatic nitrogens is 1. The Hall–Kier alpha value is -2.16. The molecule has 6 nitrogen and oxygen atoms in total. The molecule has 0 radical (unpaired) electrons. The Morgan fingerprint density at radius 3 is 2.88 bits per heavy atom. The van der Waals surface area contributed by atoms with Gasteiger partial charge in [0, 0.05) is 16.0 Å². The molecule has 2 aromatic rings. The third-order valence-corrected chi connectivity index (χ3v) is 5.23. The Kier molecular flexibility index (Phi) is 7.83. The number of carbonyl (C=O) groups is 2. The number of thiazole rings is 1. The van der Waals surface area contributed by atoms with Crippen LogP contribution in [0.1, 0.15) is 21.1 Å². The molecule has 0 saturated carbocycles. The average Bonchev–Trinajstić information content (AvgIpc) is 3.04. The van der Waals surface area contributed by atoms with Gasteiger partial charge in [-0.3, -0.25) is 4.79 Å². The second-order valence-corrected chi connectivity index (χ2v) is 7.41. The van der Waals surface area contributed by atoms with E-state index in [1.54, 1.807) is 23.5 Å². The molecule has 1 aromatic heterocycles. The SMILES string of the molecule is C=CCOCC(NC(=O)c1ccccc1SCc1csc(C)n1)C(=O)O. The number of carboxylic acid groups (broad SMARTS) is 1. The van der Waals surface area contributed by atoms with E-state index in [4.69, 9.17) is 4.74 Å². The Morgan fingerprint density at radius 1 is 1.46 bits per heavy atom. The fourth-order valence-electron chi connectivity index (χ4n) is 2.09. The predicted molar refractivity (Wildman–Crippen MR) is 103 cm³/mol. The molecule has 1 amide bonds. The molecule has 1 aromatic carbocycles. The maximum atomic E-state index is 12.6. The van der Waals surface area contributed by atoms with Gasteiger partial charge >= 0.3 is 5.97 Å². The van der Waals surface area contributed by atoms with Crippen LogP contribution in [0, 0.1) is 6.92 Å². The maximum absolute atomic E-state index is 12.6. The van der Waals surface area contributed by atoms with E-state index in [9.17, 15) is 14.7 Å². The van der Waals surface area contributed by atoms with E-state index in [1.807, 2.05) is 24.4 Å². The van der Waals surface area contributed by atoms with Crippen molar-refractivity contribution in [1.29, 1.82) is 0 Å². The van der Waals surface area contributed by atoms with Gasteiger partial charge in [-0.25, -0.2) is 9.78 Å². The minimum Gasteiger partial charge on any atom is -0.480 e. The predicted octanol–water partition coefficient (Wildman–Crippen LogP) is 3.13. The molecule has 1 unspecified atom stereocenters. The summed E-state index contributed by atoms with van der Waals surface area (Å²) in [6, 6.07) is 5.97. The summed E-state index contributed by atoms with van der Waals surface area (Å²) in [5.41, 5.74) is 1.38. The number of carbonyl (C=O) groups excluding carboxylic acids is 1. The van der Waals surface area contributed by atoms with Gasteiger partial charge in [0.1, 0.15) is 0 Å². The van der Waals surface area contributed by atoms with Gasteiger partial charge in [0.15, 0.2) is 6.04 Å². The van der Waals surface area contributed by atoms with Gasteiger partial charge in [-0.2, -0.15) is 0 Å². The highest BCUT2D eigenvalue weighted by atomic mass is 32.2. The smallest absolute Gasteiger partial charge is 0.328 e. The van der Waals surface area contributed by atoms with E-state index in [0.717, 1.165) is 15.6 Å². The van der Waals surface area contributed by atoms with Gasteiger partial charge in [-0.15, -0.1) is 29.7 Å². The van der Waals surface area contributed by atoms with Crippen LogP contribution in [0.5, 0.6) is 0 Å². The summed E-state index contributed by atoms with van der Waals surface area (Å²) in [4.78, 5) is 29.1. The Bertz CT molecular complexity index is 776. The lowest BCUT2D eigenvalue weighted by atomic mass is 10.2. The van der Waals surface area contributed by atoms with Crippen molar-refractivity contribution in [2.45, 2.75) is 23.6 Å². The zero-order chi connectivity index (χ0) is 18.9. The van der Waals surface area contributed by atoms with Gasteiger partial charge in [-0.1, -0.05) is 18.2 Å². The van der Waals surface area contributed by atoms with Crippen molar-refractivity contribution >= 4 is 35.0 Å². The minimum atomic E-state index is -1.15. The summed E-state index contributed by atoms with van der Waals surface area (Å²) in [5, 5.41) is 14.8. The Balaban J connectivity index is 2.05. The first-order valence-electron chi connectivity index (χ1n) is 7.86. The van der Waals surface area contributed by atoms with E-state index < -0.39 is 17.9 Å². The molecular weight excluding hydrogens is 372 g/mol. The number of benzene rings is 1. The van der Waals surface area contributed by atoms with Crippen LogP contribution < -0.4 is 5.32 Å². The first kappa shape index (κ1) is 20.2. The molecule has 26 heavy (non-hydrogen) atoms. The van der Waals surface area contributed by atoms with Crippen molar-refractivity contribution in [1.82, 2.24) is 10.3 Å². The highest BCUT2D eigenvalue weighted by Crippen LogP contribution is 2.26. The summed E-state index contributed by atoms with van der Waals surface area (Å²) in [5.74, 6) is -0.956. The normalized spacial score (nSPS) is 11.7. The topological polar surface area (TPSA) is 88.5 Å². The molecule has 2 rings (SSSR count). The van der Waals surface area contributed by atoms with Gasteiger partial charge in [0.2, 0.25) is 0 Å². The number of aryl methyl sites for hydroxylation is 1. The summed E-state index contributed by atoms with van der Waals surface area (Å²) < 4.78 is 5.15. The summed E-state index contributed by atoms with van der Waals surface area (Å²) in [7, 11) is 0. The molecule has 0 aliphatic rings. The Morgan fingerprint density at radius 2 is 2.23 bits per heavy atom. The van der Waals surface area contributed by atoms with Crippen LogP contribution in [-0.4, -0.2) is 41.2 Å². The quantitative estimate of drug-likeness (QED) is 0.367. The van der Waals surface area contributed by atoms with Gasteiger partial charge in [0.25, 0.3) is 5.91 Å².